The molecule has 5 nitrogen and oxygen atoms in total. The van der Waals surface area contributed by atoms with Crippen LogP contribution >= 0.6 is 0 Å². The van der Waals surface area contributed by atoms with Crippen molar-refractivity contribution in [3.05, 3.63) is 47.5 Å². The zero-order chi connectivity index (χ0) is 15.2. The summed E-state index contributed by atoms with van der Waals surface area (Å²) in [7, 11) is 0. The summed E-state index contributed by atoms with van der Waals surface area (Å²) in [6.07, 6.45) is 1.51. The molecule has 4 N–H and O–H groups in total. The van der Waals surface area contributed by atoms with E-state index >= 15 is 0 Å². The third kappa shape index (κ3) is 4.39. The lowest BCUT2D eigenvalue weighted by atomic mass is 10.1. The number of halogens is 1. The summed E-state index contributed by atoms with van der Waals surface area (Å²) in [4.78, 5) is 8.66. The Morgan fingerprint density at radius 2 is 1.86 bits per heavy atom. The summed E-state index contributed by atoms with van der Waals surface area (Å²) in [6.45, 7) is 4.04. The molecule has 112 valence electrons. The molecule has 2 aromatic rings. The highest BCUT2D eigenvalue weighted by Crippen LogP contribution is 2.14. The second kappa shape index (κ2) is 6.99. The molecule has 1 heterocycles. The molecule has 0 aliphatic carbocycles. The van der Waals surface area contributed by atoms with Crippen LogP contribution in [0.2, 0.25) is 0 Å². The van der Waals surface area contributed by atoms with Gasteiger partial charge in [-0.3, -0.25) is 0 Å². The highest BCUT2D eigenvalue weighted by molar-refractivity contribution is 5.47. The average Bonchev–Trinajstić information content (AvgIpc) is 2.49. The third-order valence-corrected chi connectivity index (χ3v) is 3.09. The van der Waals surface area contributed by atoms with Crippen molar-refractivity contribution in [1.82, 2.24) is 9.97 Å². The smallest absolute Gasteiger partial charge is 0.145 e. The van der Waals surface area contributed by atoms with Crippen LogP contribution in [0.25, 0.3) is 0 Å². The summed E-state index contributed by atoms with van der Waals surface area (Å²) in [5.74, 6) is 7.22. The van der Waals surface area contributed by atoms with Gasteiger partial charge in [0.1, 0.15) is 23.3 Å². The molecule has 1 aromatic heterocycles. The average molecular weight is 289 g/mol. The molecule has 0 saturated heterocycles. The predicted molar refractivity (Wildman–Crippen MR) is 82.4 cm³/mol. The lowest BCUT2D eigenvalue weighted by Gasteiger charge is -2.16. The minimum Gasteiger partial charge on any atom is -0.367 e. The number of nitrogens with one attached hydrogen (secondary N) is 2. The zero-order valence-electron chi connectivity index (χ0n) is 12.2. The first kappa shape index (κ1) is 15.2. The number of hydrogen-bond donors (Lipinski definition) is 3. The Morgan fingerprint density at radius 1 is 1.19 bits per heavy atom. The van der Waals surface area contributed by atoms with Gasteiger partial charge in [0.05, 0.1) is 0 Å². The fraction of sp³-hybridized carbons (Fsp3) is 0.333. The number of anilines is 2. The number of nitrogen functional groups attached to an aromatic ring is 1. The van der Waals surface area contributed by atoms with Gasteiger partial charge in [0.2, 0.25) is 0 Å². The predicted octanol–water partition coefficient (Wildman–Crippen LogP) is 2.51. The second-order valence-corrected chi connectivity index (χ2v) is 4.93. The number of aromatic nitrogens is 2. The van der Waals surface area contributed by atoms with Crippen molar-refractivity contribution < 1.29 is 4.39 Å². The number of rotatable bonds is 6. The van der Waals surface area contributed by atoms with Gasteiger partial charge in [-0.15, -0.1) is 0 Å². The molecule has 0 spiro atoms. The maximum Gasteiger partial charge on any atom is 0.145 e. The number of hydrazine groups is 1. The minimum absolute atomic E-state index is 0.153. The van der Waals surface area contributed by atoms with E-state index in [-0.39, 0.29) is 11.9 Å². The molecule has 0 radical (unpaired) electrons. The normalized spacial score (nSPS) is 12.0. The first-order chi connectivity index (χ1) is 10.1. The van der Waals surface area contributed by atoms with Gasteiger partial charge in [0.25, 0.3) is 0 Å². The standard InChI is InChI=1S/C15H20FN5/c1-3-13-19-14(9-15(20-13)21-17)18-10(2)8-11-4-6-12(16)7-5-11/h4-7,9-10H,3,8,17H2,1-2H3,(H2,18,19,20,21). The second-order valence-electron chi connectivity index (χ2n) is 4.93. The molecule has 0 fully saturated rings. The highest BCUT2D eigenvalue weighted by Gasteiger charge is 2.07. The number of benzene rings is 1. The van der Waals surface area contributed by atoms with Gasteiger partial charge in [-0.2, -0.15) is 0 Å². The van der Waals surface area contributed by atoms with Crippen LogP contribution in [0, 0.1) is 5.82 Å². The van der Waals surface area contributed by atoms with E-state index in [1.807, 2.05) is 13.8 Å². The molecule has 0 bridgehead atoms. The number of hydrogen-bond acceptors (Lipinski definition) is 5. The molecule has 0 aliphatic rings. The van der Waals surface area contributed by atoms with E-state index in [0.29, 0.717) is 5.82 Å². The zero-order valence-corrected chi connectivity index (χ0v) is 12.2. The van der Waals surface area contributed by atoms with Gasteiger partial charge in [-0.1, -0.05) is 19.1 Å². The van der Waals surface area contributed by atoms with Gasteiger partial charge >= 0.3 is 0 Å². The van der Waals surface area contributed by atoms with Crippen LogP contribution in [0.3, 0.4) is 0 Å². The third-order valence-electron chi connectivity index (χ3n) is 3.09. The molecule has 6 heteroatoms. The molecule has 1 atom stereocenters. The van der Waals surface area contributed by atoms with Crippen molar-refractivity contribution in [2.45, 2.75) is 32.7 Å². The summed E-state index contributed by atoms with van der Waals surface area (Å²) in [5.41, 5.74) is 3.61. The lowest BCUT2D eigenvalue weighted by molar-refractivity contribution is 0.626. The Bertz CT molecular complexity index is 563. The minimum atomic E-state index is -0.221. The SMILES string of the molecule is CCc1nc(NN)cc(NC(C)Cc2ccc(F)cc2)n1. The van der Waals surface area contributed by atoms with E-state index in [2.05, 4.69) is 20.7 Å². The van der Waals surface area contributed by atoms with Crippen LogP contribution in [0.4, 0.5) is 16.0 Å². The Labute approximate surface area is 123 Å². The van der Waals surface area contributed by atoms with Gasteiger partial charge in [0.15, 0.2) is 0 Å². The van der Waals surface area contributed by atoms with Crippen molar-refractivity contribution in [3.8, 4) is 0 Å². The van der Waals surface area contributed by atoms with Crippen LogP contribution in [-0.2, 0) is 12.8 Å². The number of aryl methyl sites for hydroxylation is 1. The van der Waals surface area contributed by atoms with E-state index in [9.17, 15) is 4.39 Å². The van der Waals surface area contributed by atoms with E-state index in [1.54, 1.807) is 18.2 Å². The first-order valence-corrected chi connectivity index (χ1v) is 6.96. The molecule has 21 heavy (non-hydrogen) atoms. The molecule has 0 amide bonds. The largest absolute Gasteiger partial charge is 0.367 e. The Morgan fingerprint density at radius 3 is 2.48 bits per heavy atom. The Kier molecular flexibility index (Phi) is 5.05. The number of nitrogens with zero attached hydrogens (tertiary/aromatic N) is 2. The van der Waals surface area contributed by atoms with Gasteiger partial charge in [-0.25, -0.2) is 20.2 Å². The van der Waals surface area contributed by atoms with Crippen molar-refractivity contribution in [1.29, 1.82) is 0 Å². The quantitative estimate of drug-likeness (QED) is 0.563. The molecular weight excluding hydrogens is 269 g/mol. The van der Waals surface area contributed by atoms with Gasteiger partial charge in [-0.05, 0) is 31.0 Å². The number of nitrogens with two attached hydrogens (primary N) is 1. The van der Waals surface area contributed by atoms with E-state index < -0.39 is 0 Å². The summed E-state index contributed by atoms with van der Waals surface area (Å²) in [5, 5.41) is 3.31. The van der Waals surface area contributed by atoms with Crippen LogP contribution < -0.4 is 16.6 Å². The lowest BCUT2D eigenvalue weighted by Crippen LogP contribution is -2.20. The van der Waals surface area contributed by atoms with Crippen molar-refractivity contribution in [2.75, 3.05) is 10.7 Å². The monoisotopic (exact) mass is 289 g/mol. The summed E-state index contributed by atoms with van der Waals surface area (Å²) in [6, 6.07) is 8.44. The molecule has 1 aromatic carbocycles. The van der Waals surface area contributed by atoms with Crippen molar-refractivity contribution in [2.24, 2.45) is 5.84 Å². The van der Waals surface area contributed by atoms with E-state index in [4.69, 9.17) is 5.84 Å². The van der Waals surface area contributed by atoms with Crippen LogP contribution in [0.15, 0.2) is 30.3 Å². The molecule has 1 unspecified atom stereocenters. The first-order valence-electron chi connectivity index (χ1n) is 6.96. The molecule has 0 saturated carbocycles. The van der Waals surface area contributed by atoms with Crippen molar-refractivity contribution >= 4 is 11.6 Å². The molecular formula is C15H20FN5. The van der Waals surface area contributed by atoms with Crippen molar-refractivity contribution in [3.63, 3.8) is 0 Å². The molecule has 2 rings (SSSR count). The van der Waals surface area contributed by atoms with Crippen LogP contribution in [0.5, 0.6) is 0 Å². The van der Waals surface area contributed by atoms with E-state index in [1.165, 1.54) is 12.1 Å². The highest BCUT2D eigenvalue weighted by atomic mass is 19.1. The maximum absolute atomic E-state index is 12.9. The fourth-order valence-corrected chi connectivity index (χ4v) is 2.08. The van der Waals surface area contributed by atoms with Gasteiger partial charge in [0, 0.05) is 18.5 Å². The maximum atomic E-state index is 12.9. The summed E-state index contributed by atoms with van der Waals surface area (Å²) < 4.78 is 12.9. The van der Waals surface area contributed by atoms with E-state index in [0.717, 1.165) is 30.0 Å². The van der Waals surface area contributed by atoms with Crippen LogP contribution in [0.1, 0.15) is 25.2 Å². The van der Waals surface area contributed by atoms with Crippen LogP contribution in [-0.4, -0.2) is 16.0 Å². The Balaban J connectivity index is 2.04. The topological polar surface area (TPSA) is 75.9 Å². The Hall–Kier alpha value is -2.21. The van der Waals surface area contributed by atoms with Gasteiger partial charge < -0.3 is 10.7 Å². The molecule has 0 aliphatic heterocycles. The fourth-order valence-electron chi connectivity index (χ4n) is 2.08. The summed E-state index contributed by atoms with van der Waals surface area (Å²) >= 11 is 0.